The van der Waals surface area contributed by atoms with Crippen molar-refractivity contribution in [3.8, 4) is 5.75 Å². The number of hydrogen-bond donors (Lipinski definition) is 2. The molecule has 2 N–H and O–H groups in total. The van der Waals surface area contributed by atoms with Gasteiger partial charge in [0.05, 0.1) is 6.42 Å². The molecule has 2 unspecified atom stereocenters. The molecule has 1 amide bonds. The fourth-order valence-corrected chi connectivity index (χ4v) is 1.97. The first kappa shape index (κ1) is 13.8. The maximum Gasteiger partial charge on any atom is 0.224 e. The predicted molar refractivity (Wildman–Crippen MR) is 69.3 cm³/mol. The quantitative estimate of drug-likeness (QED) is 0.794. The summed E-state index contributed by atoms with van der Waals surface area (Å²) >= 11 is 5.85. The van der Waals surface area contributed by atoms with Crippen LogP contribution in [0.15, 0.2) is 24.3 Å². The molecule has 0 saturated carbocycles. The van der Waals surface area contributed by atoms with Crippen molar-refractivity contribution in [2.75, 3.05) is 0 Å². The highest BCUT2D eigenvalue weighted by Crippen LogP contribution is 2.16. The molecular weight excluding hydrogens is 238 g/mol. The van der Waals surface area contributed by atoms with Crippen molar-refractivity contribution in [2.24, 2.45) is 0 Å². The molecule has 0 aromatic heterocycles. The normalized spacial score (nSPS) is 14.1. The number of para-hydroxylation sites is 1. The second kappa shape index (κ2) is 6.50. The number of benzene rings is 1. The lowest BCUT2D eigenvalue weighted by Gasteiger charge is -2.15. The fraction of sp³-hybridized carbons (Fsp3) is 0.462. The van der Waals surface area contributed by atoms with Gasteiger partial charge in [-0.1, -0.05) is 18.2 Å². The van der Waals surface area contributed by atoms with Gasteiger partial charge in [0.2, 0.25) is 5.91 Å². The Bertz CT molecular complexity index is 379. The van der Waals surface area contributed by atoms with Gasteiger partial charge in [-0.3, -0.25) is 4.79 Å². The second-order valence-corrected chi connectivity index (χ2v) is 5.04. The zero-order chi connectivity index (χ0) is 12.8. The predicted octanol–water partition coefficient (Wildman–Crippen LogP) is 2.46. The number of halogens is 1. The minimum Gasteiger partial charge on any atom is -0.508 e. The van der Waals surface area contributed by atoms with E-state index in [1.807, 2.05) is 13.8 Å². The third-order valence-corrected chi connectivity index (χ3v) is 2.61. The molecule has 3 nitrogen and oxygen atoms in total. The van der Waals surface area contributed by atoms with Gasteiger partial charge in [-0.2, -0.15) is 0 Å². The lowest BCUT2D eigenvalue weighted by Crippen LogP contribution is -2.34. The summed E-state index contributed by atoms with van der Waals surface area (Å²) in [6.07, 6.45) is 0.918. The standard InChI is InChI=1S/C13H18ClNO2/c1-9(14)7-10(2)15-13(17)8-11-5-3-4-6-12(11)16/h3-6,9-10,16H,7-8H2,1-2H3,(H,15,17). The molecular formula is C13H18ClNO2. The van der Waals surface area contributed by atoms with E-state index >= 15 is 0 Å². The number of nitrogens with one attached hydrogen (secondary N) is 1. The number of aromatic hydroxyl groups is 1. The van der Waals surface area contributed by atoms with E-state index in [1.165, 1.54) is 0 Å². The Labute approximate surface area is 107 Å². The topological polar surface area (TPSA) is 49.3 Å². The van der Waals surface area contributed by atoms with Crippen LogP contribution in [0.1, 0.15) is 25.8 Å². The summed E-state index contributed by atoms with van der Waals surface area (Å²) in [4.78, 5) is 11.7. The Hall–Kier alpha value is -1.22. The van der Waals surface area contributed by atoms with Crippen LogP contribution in [0, 0.1) is 0 Å². The molecule has 0 saturated heterocycles. The van der Waals surface area contributed by atoms with Crippen LogP contribution in [0.5, 0.6) is 5.75 Å². The monoisotopic (exact) mass is 255 g/mol. The Morgan fingerprint density at radius 3 is 2.65 bits per heavy atom. The van der Waals surface area contributed by atoms with Gasteiger partial charge in [0.15, 0.2) is 0 Å². The number of alkyl halides is 1. The number of carbonyl (C=O) groups is 1. The molecule has 0 radical (unpaired) electrons. The molecule has 2 atom stereocenters. The number of phenols is 1. The number of hydrogen-bond acceptors (Lipinski definition) is 2. The summed E-state index contributed by atoms with van der Waals surface area (Å²) in [7, 11) is 0. The van der Waals surface area contributed by atoms with Gasteiger partial charge >= 0.3 is 0 Å². The highest BCUT2D eigenvalue weighted by molar-refractivity contribution is 6.20. The smallest absolute Gasteiger partial charge is 0.224 e. The minimum absolute atomic E-state index is 0.0374. The second-order valence-electron chi connectivity index (χ2n) is 4.29. The van der Waals surface area contributed by atoms with E-state index < -0.39 is 0 Å². The van der Waals surface area contributed by atoms with Crippen LogP contribution >= 0.6 is 11.6 Å². The lowest BCUT2D eigenvalue weighted by molar-refractivity contribution is -0.121. The van der Waals surface area contributed by atoms with E-state index in [4.69, 9.17) is 11.6 Å². The summed E-state index contributed by atoms with van der Waals surface area (Å²) in [5.74, 6) is 0.0531. The summed E-state index contributed by atoms with van der Waals surface area (Å²) in [5.41, 5.74) is 0.635. The molecule has 0 heterocycles. The first-order valence-corrected chi connectivity index (χ1v) is 6.13. The van der Waals surface area contributed by atoms with Crippen molar-refractivity contribution < 1.29 is 9.90 Å². The Kier molecular flexibility index (Phi) is 5.29. The van der Waals surface area contributed by atoms with Crippen molar-refractivity contribution in [3.05, 3.63) is 29.8 Å². The molecule has 1 rings (SSSR count). The summed E-state index contributed by atoms with van der Waals surface area (Å²) < 4.78 is 0. The van der Waals surface area contributed by atoms with Gasteiger partial charge in [0, 0.05) is 17.0 Å². The van der Waals surface area contributed by atoms with E-state index in [-0.39, 0.29) is 29.5 Å². The zero-order valence-electron chi connectivity index (χ0n) is 10.1. The summed E-state index contributed by atoms with van der Waals surface area (Å²) in [6, 6.07) is 6.89. The first-order chi connectivity index (χ1) is 7.99. The average molecular weight is 256 g/mol. The Morgan fingerprint density at radius 1 is 1.41 bits per heavy atom. The van der Waals surface area contributed by atoms with Crippen LogP contribution in [-0.4, -0.2) is 22.4 Å². The van der Waals surface area contributed by atoms with Crippen LogP contribution in [0.25, 0.3) is 0 Å². The lowest BCUT2D eigenvalue weighted by atomic mass is 10.1. The molecule has 0 fully saturated rings. The summed E-state index contributed by atoms with van der Waals surface area (Å²) in [6.45, 7) is 3.81. The highest BCUT2D eigenvalue weighted by Gasteiger charge is 2.11. The summed E-state index contributed by atoms with van der Waals surface area (Å²) in [5, 5.41) is 12.4. The van der Waals surface area contributed by atoms with Gasteiger partial charge in [0.25, 0.3) is 0 Å². The van der Waals surface area contributed by atoms with Crippen LogP contribution < -0.4 is 5.32 Å². The molecule has 0 spiro atoms. The van der Waals surface area contributed by atoms with Gasteiger partial charge < -0.3 is 10.4 Å². The zero-order valence-corrected chi connectivity index (χ0v) is 10.9. The maximum absolute atomic E-state index is 11.7. The van der Waals surface area contributed by atoms with Crippen molar-refractivity contribution in [1.82, 2.24) is 5.32 Å². The van der Waals surface area contributed by atoms with Crippen molar-refractivity contribution in [3.63, 3.8) is 0 Å². The van der Waals surface area contributed by atoms with E-state index in [0.29, 0.717) is 5.56 Å². The largest absolute Gasteiger partial charge is 0.508 e. The van der Waals surface area contributed by atoms with Gasteiger partial charge in [-0.25, -0.2) is 0 Å². The van der Waals surface area contributed by atoms with Crippen LogP contribution in [0.2, 0.25) is 0 Å². The molecule has 94 valence electrons. The molecule has 4 heteroatoms. The number of amides is 1. The molecule has 0 bridgehead atoms. The Balaban J connectivity index is 2.47. The van der Waals surface area contributed by atoms with E-state index in [0.717, 1.165) is 6.42 Å². The van der Waals surface area contributed by atoms with Gasteiger partial charge in [0.1, 0.15) is 5.75 Å². The Morgan fingerprint density at radius 2 is 2.06 bits per heavy atom. The molecule has 1 aromatic rings. The van der Waals surface area contributed by atoms with Crippen molar-refractivity contribution >= 4 is 17.5 Å². The number of carbonyl (C=O) groups excluding carboxylic acids is 1. The first-order valence-electron chi connectivity index (χ1n) is 5.69. The molecule has 0 aliphatic rings. The van der Waals surface area contributed by atoms with E-state index in [2.05, 4.69) is 5.32 Å². The third kappa shape index (κ3) is 5.09. The highest BCUT2D eigenvalue weighted by atomic mass is 35.5. The molecule has 0 aliphatic carbocycles. The van der Waals surface area contributed by atoms with Crippen molar-refractivity contribution in [2.45, 2.75) is 38.1 Å². The van der Waals surface area contributed by atoms with Gasteiger partial charge in [-0.05, 0) is 26.3 Å². The van der Waals surface area contributed by atoms with Crippen molar-refractivity contribution in [1.29, 1.82) is 0 Å². The van der Waals surface area contributed by atoms with E-state index in [9.17, 15) is 9.90 Å². The minimum atomic E-state index is -0.101. The molecule has 17 heavy (non-hydrogen) atoms. The maximum atomic E-state index is 11.7. The third-order valence-electron chi connectivity index (χ3n) is 2.43. The average Bonchev–Trinajstić information content (AvgIpc) is 2.19. The number of rotatable bonds is 5. The number of phenolic OH excluding ortho intramolecular Hbond substituents is 1. The SMILES string of the molecule is CC(Cl)CC(C)NC(=O)Cc1ccccc1O. The van der Waals surface area contributed by atoms with Crippen LogP contribution in [0.4, 0.5) is 0 Å². The molecule has 1 aromatic carbocycles. The van der Waals surface area contributed by atoms with E-state index in [1.54, 1.807) is 24.3 Å². The van der Waals surface area contributed by atoms with Crippen LogP contribution in [-0.2, 0) is 11.2 Å². The molecule has 0 aliphatic heterocycles. The van der Waals surface area contributed by atoms with Gasteiger partial charge in [-0.15, -0.1) is 11.6 Å². The van der Waals surface area contributed by atoms with Crippen LogP contribution in [0.3, 0.4) is 0 Å². The fourth-order valence-electron chi connectivity index (χ4n) is 1.71.